The highest BCUT2D eigenvalue weighted by atomic mass is 19.1. The van der Waals surface area contributed by atoms with Crippen molar-refractivity contribution in [2.45, 2.75) is 19.0 Å². The van der Waals surface area contributed by atoms with Gasteiger partial charge >= 0.3 is 0 Å². The standard InChI is InChI=1S/C19H21FN4O2/c20-11-17(21)23-12-14-8-6-13(7-9-14)10-16(18(22)25)24-19(26)15-4-2-1-3-5-15/h1-9,16H,10-12H2,(H2,21,23)(H2,22,25)(H,24,26)/t16-/m0/s1. The van der Waals surface area contributed by atoms with Gasteiger partial charge in [-0.15, -0.1) is 0 Å². The molecule has 136 valence electrons. The first-order chi connectivity index (χ1) is 12.5. The van der Waals surface area contributed by atoms with Crippen molar-refractivity contribution in [3.63, 3.8) is 0 Å². The maximum atomic E-state index is 12.3. The molecular formula is C19H21FN4O2. The van der Waals surface area contributed by atoms with Crippen molar-refractivity contribution < 1.29 is 14.0 Å². The van der Waals surface area contributed by atoms with E-state index in [1.54, 1.807) is 54.6 Å². The Morgan fingerprint density at radius 3 is 2.19 bits per heavy atom. The van der Waals surface area contributed by atoms with Gasteiger partial charge in [-0.1, -0.05) is 42.5 Å². The lowest BCUT2D eigenvalue weighted by atomic mass is 10.0. The normalized spacial score (nSPS) is 12.4. The molecule has 0 saturated carbocycles. The molecule has 2 aromatic rings. The van der Waals surface area contributed by atoms with Gasteiger partial charge in [0.05, 0.1) is 6.54 Å². The first-order valence-corrected chi connectivity index (χ1v) is 8.07. The van der Waals surface area contributed by atoms with E-state index in [4.69, 9.17) is 11.5 Å². The predicted octanol–water partition coefficient (Wildman–Crippen LogP) is 1.34. The van der Waals surface area contributed by atoms with Crippen molar-refractivity contribution in [1.82, 2.24) is 5.32 Å². The molecule has 6 nitrogen and oxygen atoms in total. The molecule has 0 fully saturated rings. The number of amidine groups is 1. The highest BCUT2D eigenvalue weighted by Crippen LogP contribution is 2.09. The molecule has 0 aliphatic rings. The Kier molecular flexibility index (Phi) is 6.84. The van der Waals surface area contributed by atoms with Crippen LogP contribution in [0.3, 0.4) is 0 Å². The van der Waals surface area contributed by atoms with Crippen LogP contribution in [-0.4, -0.2) is 30.4 Å². The minimum Gasteiger partial charge on any atom is -0.385 e. The fourth-order valence-electron chi connectivity index (χ4n) is 2.31. The molecular weight excluding hydrogens is 335 g/mol. The summed E-state index contributed by atoms with van der Waals surface area (Å²) < 4.78 is 12.3. The Balaban J connectivity index is 2.01. The zero-order valence-electron chi connectivity index (χ0n) is 14.2. The predicted molar refractivity (Wildman–Crippen MR) is 98.3 cm³/mol. The van der Waals surface area contributed by atoms with E-state index in [0.717, 1.165) is 11.1 Å². The Hall–Kier alpha value is -3.22. The summed E-state index contributed by atoms with van der Waals surface area (Å²) in [5.41, 5.74) is 12.9. The zero-order valence-corrected chi connectivity index (χ0v) is 14.2. The van der Waals surface area contributed by atoms with Crippen LogP contribution in [0.25, 0.3) is 0 Å². The van der Waals surface area contributed by atoms with E-state index in [0.29, 0.717) is 5.56 Å². The monoisotopic (exact) mass is 356 g/mol. The Labute approximate surface area is 151 Å². The van der Waals surface area contributed by atoms with Crippen LogP contribution in [0.1, 0.15) is 21.5 Å². The molecule has 0 aromatic heterocycles. The van der Waals surface area contributed by atoms with Crippen molar-refractivity contribution >= 4 is 17.6 Å². The van der Waals surface area contributed by atoms with Crippen molar-refractivity contribution in [2.24, 2.45) is 16.5 Å². The second-order valence-electron chi connectivity index (χ2n) is 5.76. The summed E-state index contributed by atoms with van der Waals surface area (Å²) in [5, 5.41) is 2.65. The number of amides is 2. The lowest BCUT2D eigenvalue weighted by molar-refractivity contribution is -0.119. The average Bonchev–Trinajstić information content (AvgIpc) is 2.67. The highest BCUT2D eigenvalue weighted by molar-refractivity contribution is 5.97. The third-order valence-corrected chi connectivity index (χ3v) is 3.75. The van der Waals surface area contributed by atoms with Gasteiger partial charge in [-0.3, -0.25) is 14.6 Å². The van der Waals surface area contributed by atoms with E-state index in [1.807, 2.05) is 0 Å². The Morgan fingerprint density at radius 1 is 1.00 bits per heavy atom. The summed E-state index contributed by atoms with van der Waals surface area (Å²) in [6, 6.07) is 15.0. The second-order valence-corrected chi connectivity index (χ2v) is 5.76. The van der Waals surface area contributed by atoms with Crippen LogP contribution in [0.15, 0.2) is 59.6 Å². The first kappa shape index (κ1) is 19.1. The minimum atomic E-state index is -0.825. The minimum absolute atomic E-state index is 0.0495. The van der Waals surface area contributed by atoms with Gasteiger partial charge in [0.2, 0.25) is 5.91 Å². The third-order valence-electron chi connectivity index (χ3n) is 3.75. The number of halogens is 1. The number of aliphatic imine (C=N–C) groups is 1. The second kappa shape index (κ2) is 9.31. The summed E-state index contributed by atoms with van der Waals surface area (Å²) in [6.45, 7) is -0.500. The largest absolute Gasteiger partial charge is 0.385 e. The number of alkyl halides is 1. The lowest BCUT2D eigenvalue weighted by Crippen LogP contribution is -2.45. The summed E-state index contributed by atoms with van der Waals surface area (Å²) in [5.74, 6) is -1.02. The molecule has 2 amide bonds. The Bertz CT molecular complexity index is 776. The van der Waals surface area contributed by atoms with Gasteiger partial charge in [0.25, 0.3) is 5.91 Å². The van der Waals surface area contributed by atoms with E-state index in [2.05, 4.69) is 10.3 Å². The number of benzene rings is 2. The van der Waals surface area contributed by atoms with Gasteiger partial charge in [0.1, 0.15) is 18.6 Å². The molecule has 26 heavy (non-hydrogen) atoms. The van der Waals surface area contributed by atoms with Gasteiger partial charge in [-0.05, 0) is 23.3 Å². The van der Waals surface area contributed by atoms with Gasteiger partial charge < -0.3 is 16.8 Å². The van der Waals surface area contributed by atoms with Crippen molar-refractivity contribution in [3.05, 3.63) is 71.3 Å². The van der Waals surface area contributed by atoms with Crippen LogP contribution in [0.4, 0.5) is 4.39 Å². The third kappa shape index (κ3) is 5.70. The molecule has 0 aliphatic heterocycles. The molecule has 0 unspecified atom stereocenters. The van der Waals surface area contributed by atoms with Crippen LogP contribution >= 0.6 is 0 Å². The van der Waals surface area contributed by atoms with E-state index >= 15 is 0 Å². The molecule has 0 bridgehead atoms. The number of nitrogens with zero attached hydrogens (tertiary/aromatic N) is 1. The van der Waals surface area contributed by atoms with Gasteiger partial charge in [0, 0.05) is 12.0 Å². The molecule has 2 aromatic carbocycles. The van der Waals surface area contributed by atoms with Gasteiger partial charge in [0.15, 0.2) is 0 Å². The molecule has 0 aliphatic carbocycles. The molecule has 0 heterocycles. The van der Waals surface area contributed by atoms with Crippen LogP contribution < -0.4 is 16.8 Å². The van der Waals surface area contributed by atoms with Crippen LogP contribution in [-0.2, 0) is 17.8 Å². The number of nitrogens with one attached hydrogen (secondary N) is 1. The first-order valence-electron chi connectivity index (χ1n) is 8.07. The van der Waals surface area contributed by atoms with Crippen LogP contribution in [0, 0.1) is 0 Å². The molecule has 5 N–H and O–H groups in total. The van der Waals surface area contributed by atoms with Crippen molar-refractivity contribution in [2.75, 3.05) is 6.67 Å². The number of rotatable bonds is 8. The number of hydrogen-bond acceptors (Lipinski definition) is 3. The number of carbonyl (C=O) groups excluding carboxylic acids is 2. The smallest absolute Gasteiger partial charge is 0.251 e. The fourth-order valence-corrected chi connectivity index (χ4v) is 2.31. The number of primary amides is 1. The van der Waals surface area contributed by atoms with Crippen molar-refractivity contribution in [1.29, 1.82) is 0 Å². The summed E-state index contributed by atoms with van der Waals surface area (Å²) in [7, 11) is 0. The van der Waals surface area contributed by atoms with Crippen LogP contribution in [0.2, 0.25) is 0 Å². The van der Waals surface area contributed by atoms with Gasteiger partial charge in [-0.25, -0.2) is 4.39 Å². The maximum Gasteiger partial charge on any atom is 0.251 e. The Morgan fingerprint density at radius 2 is 1.62 bits per heavy atom. The molecule has 1 atom stereocenters. The maximum absolute atomic E-state index is 12.3. The molecule has 7 heteroatoms. The van der Waals surface area contributed by atoms with Gasteiger partial charge in [-0.2, -0.15) is 0 Å². The average molecular weight is 356 g/mol. The van der Waals surface area contributed by atoms with Crippen molar-refractivity contribution in [3.8, 4) is 0 Å². The number of nitrogens with two attached hydrogens (primary N) is 2. The summed E-state index contributed by atoms with van der Waals surface area (Å²) in [6.07, 6.45) is 0.268. The molecule has 2 rings (SSSR count). The molecule has 0 saturated heterocycles. The summed E-state index contributed by atoms with van der Waals surface area (Å²) >= 11 is 0. The topological polar surface area (TPSA) is 111 Å². The molecule has 0 radical (unpaired) electrons. The molecule has 0 spiro atoms. The number of hydrogen-bond donors (Lipinski definition) is 3. The van der Waals surface area contributed by atoms with Crippen LogP contribution in [0.5, 0.6) is 0 Å². The van der Waals surface area contributed by atoms with E-state index in [-0.39, 0.29) is 24.7 Å². The number of carbonyl (C=O) groups is 2. The van der Waals surface area contributed by atoms with E-state index in [9.17, 15) is 14.0 Å². The van der Waals surface area contributed by atoms with E-state index in [1.165, 1.54) is 0 Å². The SMILES string of the molecule is NC(=O)[C@H](Cc1ccc(CN=C(N)CF)cc1)NC(=O)c1ccccc1. The highest BCUT2D eigenvalue weighted by Gasteiger charge is 2.19. The summed E-state index contributed by atoms with van der Waals surface area (Å²) in [4.78, 5) is 27.8. The zero-order chi connectivity index (χ0) is 18.9. The van der Waals surface area contributed by atoms with E-state index < -0.39 is 18.6 Å². The quantitative estimate of drug-likeness (QED) is 0.490. The fraction of sp³-hybridized carbons (Fsp3) is 0.211. The lowest BCUT2D eigenvalue weighted by Gasteiger charge is -2.16.